The van der Waals surface area contributed by atoms with Crippen LogP contribution < -0.4 is 5.32 Å². The molecular weight excluding hydrogens is 426 g/mol. The Bertz CT molecular complexity index is 1330. The molecule has 0 saturated carbocycles. The minimum Gasteiger partial charge on any atom is -0.361 e. The van der Waals surface area contributed by atoms with E-state index in [1.807, 2.05) is 48.9 Å². The standard InChI is InChI=1S/C22H23N7O4/c1-13-10-19(29(31)32)25-27(13)12-18-16(4)33-26-21(18)22(30)23-20-14(2)24-28(15(20)3)11-17-8-6-5-7-9-17/h5-10H,11-12H2,1-4H3,(H,23,30). The third kappa shape index (κ3) is 4.38. The molecule has 1 N–H and O–H groups in total. The summed E-state index contributed by atoms with van der Waals surface area (Å²) in [6.07, 6.45) is 0. The maximum atomic E-state index is 13.1. The lowest BCUT2D eigenvalue weighted by atomic mass is 10.1. The number of carbonyl (C=O) groups is 1. The van der Waals surface area contributed by atoms with Crippen LogP contribution in [0, 0.1) is 37.8 Å². The molecule has 0 aliphatic carbocycles. The van der Waals surface area contributed by atoms with Crippen molar-refractivity contribution >= 4 is 17.4 Å². The first-order chi connectivity index (χ1) is 15.7. The van der Waals surface area contributed by atoms with Crippen molar-refractivity contribution in [1.29, 1.82) is 0 Å². The van der Waals surface area contributed by atoms with Crippen molar-refractivity contribution in [3.8, 4) is 0 Å². The van der Waals surface area contributed by atoms with Crippen LogP contribution in [0.5, 0.6) is 0 Å². The summed E-state index contributed by atoms with van der Waals surface area (Å²) in [4.78, 5) is 23.6. The van der Waals surface area contributed by atoms with Gasteiger partial charge in [0.15, 0.2) is 5.69 Å². The largest absolute Gasteiger partial charge is 0.390 e. The average molecular weight is 449 g/mol. The molecule has 0 saturated heterocycles. The molecule has 1 aromatic carbocycles. The van der Waals surface area contributed by atoms with Crippen LogP contribution in [-0.4, -0.2) is 35.5 Å². The van der Waals surface area contributed by atoms with Gasteiger partial charge in [-0.1, -0.05) is 35.5 Å². The van der Waals surface area contributed by atoms with Gasteiger partial charge in [-0.3, -0.25) is 9.48 Å². The number of rotatable bonds is 7. The Morgan fingerprint density at radius 3 is 2.48 bits per heavy atom. The van der Waals surface area contributed by atoms with Gasteiger partial charge < -0.3 is 20.0 Å². The van der Waals surface area contributed by atoms with E-state index in [9.17, 15) is 14.9 Å². The van der Waals surface area contributed by atoms with Crippen LogP contribution in [0.15, 0.2) is 40.9 Å². The molecule has 11 nitrogen and oxygen atoms in total. The zero-order chi connectivity index (χ0) is 23.7. The fourth-order valence-corrected chi connectivity index (χ4v) is 3.61. The van der Waals surface area contributed by atoms with E-state index in [1.54, 1.807) is 13.8 Å². The second-order valence-electron chi connectivity index (χ2n) is 7.77. The van der Waals surface area contributed by atoms with Gasteiger partial charge in [0.25, 0.3) is 5.91 Å². The Morgan fingerprint density at radius 1 is 1.09 bits per heavy atom. The van der Waals surface area contributed by atoms with Crippen molar-refractivity contribution in [2.75, 3.05) is 5.32 Å². The van der Waals surface area contributed by atoms with Gasteiger partial charge in [-0.2, -0.15) is 9.78 Å². The first-order valence-corrected chi connectivity index (χ1v) is 10.3. The summed E-state index contributed by atoms with van der Waals surface area (Å²) in [5.41, 5.74) is 4.37. The predicted octanol–water partition coefficient (Wildman–Crippen LogP) is 3.56. The van der Waals surface area contributed by atoms with E-state index in [-0.39, 0.29) is 18.1 Å². The van der Waals surface area contributed by atoms with Crippen LogP contribution in [0.3, 0.4) is 0 Å². The van der Waals surface area contributed by atoms with Crippen LogP contribution >= 0.6 is 0 Å². The summed E-state index contributed by atoms with van der Waals surface area (Å²) < 4.78 is 8.54. The molecule has 0 atom stereocenters. The highest BCUT2D eigenvalue weighted by Crippen LogP contribution is 2.23. The summed E-state index contributed by atoms with van der Waals surface area (Å²) in [6.45, 7) is 7.79. The Hall–Kier alpha value is -4.28. The number of aromatic nitrogens is 5. The number of nitrogens with zero attached hydrogens (tertiary/aromatic N) is 6. The van der Waals surface area contributed by atoms with E-state index in [1.165, 1.54) is 10.7 Å². The van der Waals surface area contributed by atoms with Crippen LogP contribution in [0.1, 0.15) is 44.5 Å². The summed E-state index contributed by atoms with van der Waals surface area (Å²) >= 11 is 0. The third-order valence-electron chi connectivity index (χ3n) is 5.46. The van der Waals surface area contributed by atoms with Crippen molar-refractivity contribution in [3.05, 3.63) is 86.2 Å². The number of nitro groups is 1. The van der Waals surface area contributed by atoms with Gasteiger partial charge >= 0.3 is 5.82 Å². The minimum absolute atomic E-state index is 0.0969. The summed E-state index contributed by atoms with van der Waals surface area (Å²) in [6, 6.07) is 11.3. The lowest BCUT2D eigenvalue weighted by molar-refractivity contribution is -0.389. The van der Waals surface area contributed by atoms with Gasteiger partial charge in [0.2, 0.25) is 0 Å². The summed E-state index contributed by atoms with van der Waals surface area (Å²) in [5, 5.41) is 26.4. The molecule has 0 aliphatic rings. The van der Waals surface area contributed by atoms with Crippen LogP contribution in [0.2, 0.25) is 0 Å². The first kappa shape index (κ1) is 21.9. The molecule has 0 fully saturated rings. The smallest absolute Gasteiger partial charge is 0.361 e. The number of hydrogen-bond donors (Lipinski definition) is 1. The molecule has 4 aromatic rings. The molecule has 3 aromatic heterocycles. The van der Waals surface area contributed by atoms with Gasteiger partial charge in [-0.05, 0) is 38.2 Å². The van der Waals surface area contributed by atoms with E-state index >= 15 is 0 Å². The fourth-order valence-electron chi connectivity index (χ4n) is 3.61. The molecule has 0 bridgehead atoms. The van der Waals surface area contributed by atoms with Crippen molar-refractivity contribution in [1.82, 2.24) is 24.7 Å². The molecule has 33 heavy (non-hydrogen) atoms. The van der Waals surface area contributed by atoms with Crippen molar-refractivity contribution in [2.45, 2.75) is 40.8 Å². The zero-order valence-corrected chi connectivity index (χ0v) is 18.7. The molecule has 170 valence electrons. The second kappa shape index (κ2) is 8.69. The van der Waals surface area contributed by atoms with Gasteiger partial charge in [-0.15, -0.1) is 0 Å². The number of nitrogens with one attached hydrogen (secondary N) is 1. The number of hydrogen-bond acceptors (Lipinski definition) is 7. The molecule has 0 unspecified atom stereocenters. The Balaban J connectivity index is 1.57. The molecule has 4 rings (SSSR count). The number of benzene rings is 1. The number of anilines is 1. The topological polar surface area (TPSA) is 134 Å². The molecule has 0 aliphatic heterocycles. The SMILES string of the molecule is Cc1nn(Cc2ccccc2)c(C)c1NC(=O)c1noc(C)c1Cn1nc([N+](=O)[O-])cc1C. The van der Waals surface area contributed by atoms with E-state index < -0.39 is 10.8 Å². The molecule has 3 heterocycles. The molecular formula is C22H23N7O4. The Morgan fingerprint density at radius 2 is 1.82 bits per heavy atom. The minimum atomic E-state index is -0.559. The van der Waals surface area contributed by atoms with Crippen LogP contribution in [-0.2, 0) is 13.1 Å². The predicted molar refractivity (Wildman–Crippen MR) is 119 cm³/mol. The first-order valence-electron chi connectivity index (χ1n) is 10.3. The molecule has 11 heteroatoms. The second-order valence-corrected chi connectivity index (χ2v) is 7.77. The number of carbonyl (C=O) groups excluding carboxylic acids is 1. The molecule has 1 amide bonds. The highest BCUT2D eigenvalue weighted by Gasteiger charge is 2.25. The van der Waals surface area contributed by atoms with Crippen molar-refractivity contribution in [3.63, 3.8) is 0 Å². The van der Waals surface area contributed by atoms with Gasteiger partial charge in [-0.25, -0.2) is 0 Å². The van der Waals surface area contributed by atoms with Gasteiger partial charge in [0.05, 0.1) is 52.6 Å². The van der Waals surface area contributed by atoms with E-state index in [0.29, 0.717) is 34.9 Å². The third-order valence-corrected chi connectivity index (χ3v) is 5.46. The zero-order valence-electron chi connectivity index (χ0n) is 18.7. The van der Waals surface area contributed by atoms with Crippen LogP contribution in [0.25, 0.3) is 0 Å². The maximum absolute atomic E-state index is 13.1. The number of amides is 1. The Labute approximate surface area is 189 Å². The monoisotopic (exact) mass is 449 g/mol. The average Bonchev–Trinajstić information content (AvgIpc) is 3.41. The van der Waals surface area contributed by atoms with Crippen molar-refractivity contribution < 1.29 is 14.2 Å². The van der Waals surface area contributed by atoms with E-state index in [0.717, 1.165) is 11.3 Å². The van der Waals surface area contributed by atoms with Gasteiger partial charge in [0.1, 0.15) is 5.76 Å². The highest BCUT2D eigenvalue weighted by atomic mass is 16.6. The Kier molecular flexibility index (Phi) is 5.78. The summed E-state index contributed by atoms with van der Waals surface area (Å²) in [7, 11) is 0. The maximum Gasteiger partial charge on any atom is 0.390 e. The van der Waals surface area contributed by atoms with Crippen LogP contribution in [0.4, 0.5) is 11.5 Å². The van der Waals surface area contributed by atoms with Gasteiger partial charge in [0, 0.05) is 0 Å². The number of aryl methyl sites for hydroxylation is 3. The molecule has 0 spiro atoms. The normalized spacial score (nSPS) is 11.0. The highest BCUT2D eigenvalue weighted by molar-refractivity contribution is 6.04. The van der Waals surface area contributed by atoms with E-state index in [4.69, 9.17) is 4.52 Å². The van der Waals surface area contributed by atoms with E-state index in [2.05, 4.69) is 20.7 Å². The lowest BCUT2D eigenvalue weighted by Crippen LogP contribution is -2.17. The summed E-state index contributed by atoms with van der Waals surface area (Å²) in [5.74, 6) is -0.276. The lowest BCUT2D eigenvalue weighted by Gasteiger charge is -2.07. The quantitative estimate of drug-likeness (QED) is 0.337. The van der Waals surface area contributed by atoms with Crippen molar-refractivity contribution in [2.24, 2.45) is 0 Å². The fraction of sp³-hybridized carbons (Fsp3) is 0.273. The molecule has 0 radical (unpaired) electrons.